The number of benzene rings is 1. The number of hydrogen-bond acceptors (Lipinski definition) is 5. The van der Waals surface area contributed by atoms with Crippen LogP contribution in [0.2, 0.25) is 0 Å². The molecule has 0 aliphatic heterocycles. The Bertz CT molecular complexity index is 774. The molecule has 1 heterocycles. The second-order valence-electron chi connectivity index (χ2n) is 4.22. The smallest absolute Gasteiger partial charge is 0.326 e. The van der Waals surface area contributed by atoms with E-state index in [0.29, 0.717) is 0 Å². The average molecular weight is 345 g/mol. The van der Waals surface area contributed by atoms with Crippen molar-refractivity contribution in [1.82, 2.24) is 4.72 Å². The van der Waals surface area contributed by atoms with Crippen LogP contribution < -0.4 is 9.46 Å². The molecule has 1 atom stereocenters. The van der Waals surface area contributed by atoms with Crippen LogP contribution in [0.25, 0.3) is 0 Å². The summed E-state index contributed by atoms with van der Waals surface area (Å²) in [5.41, 5.74) is -0.0362. The Morgan fingerprint density at radius 3 is 2.64 bits per heavy atom. The van der Waals surface area contributed by atoms with E-state index >= 15 is 0 Å². The molecular formula is C13H12FNO5S2. The molecule has 0 amide bonds. The number of aliphatic carboxylic acids is 1. The van der Waals surface area contributed by atoms with Gasteiger partial charge in [0.2, 0.25) is 0 Å². The molecule has 2 rings (SSSR count). The quantitative estimate of drug-likeness (QED) is 0.835. The lowest BCUT2D eigenvalue weighted by Gasteiger charge is -2.15. The zero-order valence-electron chi connectivity index (χ0n) is 11.3. The van der Waals surface area contributed by atoms with Crippen LogP contribution in [0.4, 0.5) is 4.39 Å². The highest BCUT2D eigenvalue weighted by atomic mass is 32.2. The van der Waals surface area contributed by atoms with Crippen molar-refractivity contribution in [2.24, 2.45) is 0 Å². The predicted molar refractivity (Wildman–Crippen MR) is 78.0 cm³/mol. The molecule has 0 aliphatic rings. The van der Waals surface area contributed by atoms with Crippen molar-refractivity contribution < 1.29 is 27.4 Å². The first-order chi connectivity index (χ1) is 10.3. The zero-order valence-corrected chi connectivity index (χ0v) is 12.9. The summed E-state index contributed by atoms with van der Waals surface area (Å²) in [5, 5.41) is 10.8. The number of nitrogens with one attached hydrogen (secondary N) is 1. The number of rotatable bonds is 6. The van der Waals surface area contributed by atoms with E-state index < -0.39 is 27.9 Å². The van der Waals surface area contributed by atoms with Crippen molar-refractivity contribution in [3.8, 4) is 5.75 Å². The van der Waals surface area contributed by atoms with E-state index in [1.807, 2.05) is 0 Å². The first-order valence-corrected chi connectivity index (χ1v) is 8.33. The van der Waals surface area contributed by atoms with Gasteiger partial charge in [-0.25, -0.2) is 12.8 Å². The van der Waals surface area contributed by atoms with Crippen LogP contribution in [-0.4, -0.2) is 26.6 Å². The molecule has 6 nitrogen and oxygen atoms in total. The van der Waals surface area contributed by atoms with Gasteiger partial charge in [-0.3, -0.25) is 4.79 Å². The van der Waals surface area contributed by atoms with Gasteiger partial charge in [-0.15, -0.1) is 11.3 Å². The monoisotopic (exact) mass is 345 g/mol. The summed E-state index contributed by atoms with van der Waals surface area (Å²) in [7, 11) is -2.73. The molecule has 0 aliphatic carbocycles. The first kappa shape index (κ1) is 16.4. The number of carbonyl (C=O) groups is 1. The van der Waals surface area contributed by atoms with Gasteiger partial charge in [0.05, 0.1) is 7.11 Å². The Kier molecular flexibility index (Phi) is 4.79. The number of methoxy groups -OCH3 is 1. The van der Waals surface area contributed by atoms with Crippen LogP contribution in [0, 0.1) is 5.82 Å². The summed E-state index contributed by atoms with van der Waals surface area (Å²) in [6.07, 6.45) is 0. The van der Waals surface area contributed by atoms with Crippen molar-refractivity contribution in [3.05, 3.63) is 47.1 Å². The topological polar surface area (TPSA) is 92.7 Å². The predicted octanol–water partition coefficient (Wildman–Crippen LogP) is 2.00. The van der Waals surface area contributed by atoms with Crippen LogP contribution in [0.5, 0.6) is 5.75 Å². The van der Waals surface area contributed by atoms with Crippen molar-refractivity contribution >= 4 is 27.3 Å². The maximum Gasteiger partial charge on any atom is 0.326 e. The molecule has 1 aromatic carbocycles. The summed E-state index contributed by atoms with van der Waals surface area (Å²) in [6, 6.07) is 4.72. The Labute approximate surface area is 130 Å². The number of thiophene rings is 1. The Hall–Kier alpha value is -1.97. The lowest BCUT2D eigenvalue weighted by molar-refractivity contribution is -0.139. The van der Waals surface area contributed by atoms with Gasteiger partial charge in [0, 0.05) is 0 Å². The van der Waals surface area contributed by atoms with E-state index in [0.717, 1.165) is 17.4 Å². The molecule has 0 radical (unpaired) electrons. The molecule has 1 unspecified atom stereocenters. The molecule has 22 heavy (non-hydrogen) atoms. The van der Waals surface area contributed by atoms with E-state index in [-0.39, 0.29) is 15.5 Å². The fourth-order valence-corrected chi connectivity index (χ4v) is 3.94. The van der Waals surface area contributed by atoms with Crippen molar-refractivity contribution in [2.45, 2.75) is 10.3 Å². The maximum atomic E-state index is 13.7. The SMILES string of the molecule is COc1ccc(C(NS(=O)(=O)c2cccs2)C(=O)O)cc1F. The summed E-state index contributed by atoms with van der Waals surface area (Å²) in [5.74, 6) is -2.28. The minimum absolute atomic E-state index is 0.0206. The fraction of sp³-hybridized carbons (Fsp3) is 0.154. The van der Waals surface area contributed by atoms with Gasteiger partial charge < -0.3 is 9.84 Å². The third-order valence-corrected chi connectivity index (χ3v) is 5.61. The molecule has 2 aromatic rings. The van der Waals surface area contributed by atoms with Crippen LogP contribution in [-0.2, 0) is 14.8 Å². The molecule has 1 aromatic heterocycles. The fourth-order valence-electron chi connectivity index (χ4n) is 1.75. The molecule has 9 heteroatoms. The van der Waals surface area contributed by atoms with Crippen LogP contribution in [0.3, 0.4) is 0 Å². The van der Waals surface area contributed by atoms with Gasteiger partial charge in [0.25, 0.3) is 10.0 Å². The third kappa shape index (κ3) is 3.43. The van der Waals surface area contributed by atoms with Crippen molar-refractivity contribution in [2.75, 3.05) is 7.11 Å². The number of carboxylic acids is 1. The van der Waals surface area contributed by atoms with E-state index in [1.165, 1.54) is 31.4 Å². The van der Waals surface area contributed by atoms with Crippen LogP contribution >= 0.6 is 11.3 Å². The standard InChI is InChI=1S/C13H12FNO5S2/c1-20-10-5-4-8(7-9(10)14)12(13(16)17)15-22(18,19)11-3-2-6-21-11/h2-7,12,15H,1H3,(H,16,17). The van der Waals surface area contributed by atoms with Gasteiger partial charge >= 0.3 is 5.97 Å². The summed E-state index contributed by atoms with van der Waals surface area (Å²) in [6.45, 7) is 0. The highest BCUT2D eigenvalue weighted by Gasteiger charge is 2.28. The van der Waals surface area contributed by atoms with E-state index in [2.05, 4.69) is 4.72 Å². The second kappa shape index (κ2) is 6.42. The minimum Gasteiger partial charge on any atom is -0.494 e. The van der Waals surface area contributed by atoms with Gasteiger partial charge in [-0.05, 0) is 29.1 Å². The molecule has 0 bridgehead atoms. The van der Waals surface area contributed by atoms with Gasteiger partial charge in [-0.1, -0.05) is 12.1 Å². The second-order valence-corrected chi connectivity index (χ2v) is 7.11. The van der Waals surface area contributed by atoms with E-state index in [4.69, 9.17) is 4.74 Å². The first-order valence-electron chi connectivity index (χ1n) is 5.97. The maximum absolute atomic E-state index is 13.7. The van der Waals surface area contributed by atoms with E-state index in [1.54, 1.807) is 5.38 Å². The highest BCUT2D eigenvalue weighted by Crippen LogP contribution is 2.24. The summed E-state index contributed by atoms with van der Waals surface area (Å²) < 4.78 is 44.7. The van der Waals surface area contributed by atoms with Crippen LogP contribution in [0.1, 0.15) is 11.6 Å². The summed E-state index contributed by atoms with van der Waals surface area (Å²) >= 11 is 0.951. The Morgan fingerprint density at radius 2 is 2.14 bits per heavy atom. The van der Waals surface area contributed by atoms with Gasteiger partial charge in [0.1, 0.15) is 10.3 Å². The number of ether oxygens (including phenoxy) is 1. The lowest BCUT2D eigenvalue weighted by atomic mass is 10.1. The number of halogens is 1. The van der Waals surface area contributed by atoms with Gasteiger partial charge in [0.15, 0.2) is 11.6 Å². The molecule has 0 saturated heterocycles. The molecule has 0 spiro atoms. The van der Waals surface area contributed by atoms with Crippen LogP contribution in [0.15, 0.2) is 39.9 Å². The average Bonchev–Trinajstić information content (AvgIpc) is 2.99. The normalized spacial score (nSPS) is 12.8. The molecule has 0 saturated carbocycles. The lowest BCUT2D eigenvalue weighted by Crippen LogP contribution is -2.33. The van der Waals surface area contributed by atoms with E-state index in [9.17, 15) is 22.7 Å². The van der Waals surface area contributed by atoms with Crippen molar-refractivity contribution in [1.29, 1.82) is 0 Å². The third-order valence-electron chi connectivity index (χ3n) is 2.79. The largest absolute Gasteiger partial charge is 0.494 e. The number of hydrogen-bond donors (Lipinski definition) is 2. The Balaban J connectivity index is 2.36. The molecule has 2 N–H and O–H groups in total. The number of carboxylic acid groups (broad SMARTS) is 1. The highest BCUT2D eigenvalue weighted by molar-refractivity contribution is 7.91. The molecule has 118 valence electrons. The number of sulfonamides is 1. The molecule has 0 fully saturated rings. The Morgan fingerprint density at radius 1 is 1.41 bits per heavy atom. The van der Waals surface area contributed by atoms with Crippen molar-refractivity contribution in [3.63, 3.8) is 0 Å². The zero-order chi connectivity index (χ0) is 16.3. The van der Waals surface area contributed by atoms with Gasteiger partial charge in [-0.2, -0.15) is 4.72 Å². The minimum atomic E-state index is -4.00. The molecular weight excluding hydrogens is 333 g/mol. The summed E-state index contributed by atoms with van der Waals surface area (Å²) in [4.78, 5) is 11.3.